The molecule has 96 valence electrons. The summed E-state index contributed by atoms with van der Waals surface area (Å²) in [4.78, 5) is 11.4. The number of carbonyl (C=O) groups is 1. The zero-order chi connectivity index (χ0) is 13.1. The Bertz CT molecular complexity index is 563. The molecule has 1 atom stereocenters. The van der Waals surface area contributed by atoms with Gasteiger partial charge in [0, 0.05) is 12.6 Å². The third-order valence-corrected chi connectivity index (χ3v) is 2.68. The lowest BCUT2D eigenvalue weighted by molar-refractivity contribution is 0.0600. The molecule has 0 spiro atoms. The summed E-state index contributed by atoms with van der Waals surface area (Å²) in [5.74, 6) is 0.323. The average Bonchev–Trinajstić information content (AvgIpc) is 2.77. The summed E-state index contributed by atoms with van der Waals surface area (Å²) in [5, 5.41) is 17.3. The Morgan fingerprint density at radius 3 is 2.94 bits per heavy atom. The number of aliphatic hydroxyl groups is 1. The van der Waals surface area contributed by atoms with Gasteiger partial charge in [-0.3, -0.25) is 4.40 Å². The van der Waals surface area contributed by atoms with Crippen molar-refractivity contribution in [2.45, 2.75) is 25.9 Å². The summed E-state index contributed by atoms with van der Waals surface area (Å²) < 4.78 is 6.41. The molecule has 0 fully saturated rings. The van der Waals surface area contributed by atoms with E-state index in [1.807, 2.05) is 0 Å². The van der Waals surface area contributed by atoms with Crippen LogP contribution in [0.15, 0.2) is 18.3 Å². The van der Waals surface area contributed by atoms with E-state index in [1.165, 1.54) is 7.11 Å². The molecule has 0 saturated carbocycles. The van der Waals surface area contributed by atoms with Gasteiger partial charge < -0.3 is 9.84 Å². The molecule has 2 aromatic heterocycles. The summed E-state index contributed by atoms with van der Waals surface area (Å²) in [6, 6.07) is 3.36. The van der Waals surface area contributed by atoms with Gasteiger partial charge in [-0.05, 0) is 25.5 Å². The van der Waals surface area contributed by atoms with E-state index in [0.29, 0.717) is 24.1 Å². The number of aryl methyl sites for hydroxylation is 1. The van der Waals surface area contributed by atoms with Crippen LogP contribution in [0.5, 0.6) is 0 Å². The minimum Gasteiger partial charge on any atom is -0.465 e. The normalized spacial score (nSPS) is 12.6. The topological polar surface area (TPSA) is 76.7 Å². The highest BCUT2D eigenvalue weighted by Crippen LogP contribution is 2.10. The van der Waals surface area contributed by atoms with Crippen LogP contribution in [0.4, 0.5) is 0 Å². The van der Waals surface area contributed by atoms with Crippen LogP contribution in [0, 0.1) is 0 Å². The number of aliphatic hydroxyl groups excluding tert-OH is 1. The number of rotatable bonds is 4. The average molecular weight is 249 g/mol. The van der Waals surface area contributed by atoms with Gasteiger partial charge in [0.25, 0.3) is 0 Å². The number of nitrogens with zero attached hydrogens (tertiary/aromatic N) is 3. The lowest BCUT2D eigenvalue weighted by Gasteiger charge is -2.04. The molecule has 1 N–H and O–H groups in total. The Kier molecular flexibility index (Phi) is 3.57. The van der Waals surface area contributed by atoms with Gasteiger partial charge in [-0.25, -0.2) is 4.79 Å². The van der Waals surface area contributed by atoms with Crippen molar-refractivity contribution >= 4 is 11.6 Å². The van der Waals surface area contributed by atoms with Gasteiger partial charge in [0.2, 0.25) is 0 Å². The molecule has 6 heteroatoms. The molecule has 6 nitrogen and oxygen atoms in total. The van der Waals surface area contributed by atoms with Crippen LogP contribution in [-0.2, 0) is 11.2 Å². The first-order valence-electron chi connectivity index (χ1n) is 5.72. The van der Waals surface area contributed by atoms with Gasteiger partial charge >= 0.3 is 5.97 Å². The molecule has 18 heavy (non-hydrogen) atoms. The number of pyridine rings is 1. The SMILES string of the molecule is COC(=O)c1ccc2nnc(CCC(C)O)n2c1. The summed E-state index contributed by atoms with van der Waals surface area (Å²) in [6.07, 6.45) is 2.46. The molecule has 1 unspecified atom stereocenters. The highest BCUT2D eigenvalue weighted by molar-refractivity contribution is 5.89. The maximum absolute atomic E-state index is 11.4. The van der Waals surface area contributed by atoms with Gasteiger partial charge in [0.05, 0.1) is 18.8 Å². The second kappa shape index (κ2) is 5.14. The highest BCUT2D eigenvalue weighted by Gasteiger charge is 2.11. The molecule has 0 aliphatic rings. The molecule has 0 amide bonds. The molecule has 0 aliphatic carbocycles. The monoisotopic (exact) mass is 249 g/mol. The van der Waals surface area contributed by atoms with Crippen molar-refractivity contribution < 1.29 is 14.6 Å². The molecule has 2 heterocycles. The predicted octanol–water partition coefficient (Wildman–Crippen LogP) is 0.829. The fourth-order valence-corrected chi connectivity index (χ4v) is 1.69. The van der Waals surface area contributed by atoms with Crippen LogP contribution in [-0.4, -0.2) is 38.9 Å². The first-order chi connectivity index (χ1) is 8.61. The molecule has 0 radical (unpaired) electrons. The highest BCUT2D eigenvalue weighted by atomic mass is 16.5. The van der Waals surface area contributed by atoms with Crippen LogP contribution < -0.4 is 0 Å². The molecule has 2 aromatic rings. The number of hydrogen-bond donors (Lipinski definition) is 1. The van der Waals surface area contributed by atoms with Crippen molar-refractivity contribution in [3.05, 3.63) is 29.7 Å². The van der Waals surface area contributed by atoms with Crippen LogP contribution >= 0.6 is 0 Å². The second-order valence-corrected chi connectivity index (χ2v) is 4.14. The maximum atomic E-state index is 11.4. The van der Waals surface area contributed by atoms with Crippen LogP contribution in [0.1, 0.15) is 29.5 Å². The summed E-state index contributed by atoms with van der Waals surface area (Å²) in [5.41, 5.74) is 1.12. The van der Waals surface area contributed by atoms with E-state index >= 15 is 0 Å². The Hall–Kier alpha value is -1.95. The van der Waals surface area contributed by atoms with E-state index in [0.717, 1.165) is 5.82 Å². The molecule has 0 aliphatic heterocycles. The third kappa shape index (κ3) is 2.48. The van der Waals surface area contributed by atoms with Gasteiger partial charge in [0.1, 0.15) is 5.82 Å². The number of methoxy groups -OCH3 is 1. The van der Waals surface area contributed by atoms with E-state index in [9.17, 15) is 9.90 Å². The first-order valence-corrected chi connectivity index (χ1v) is 5.72. The Morgan fingerprint density at radius 1 is 1.50 bits per heavy atom. The zero-order valence-corrected chi connectivity index (χ0v) is 10.3. The van der Waals surface area contributed by atoms with E-state index in [1.54, 1.807) is 29.7 Å². The van der Waals surface area contributed by atoms with Gasteiger partial charge in [-0.2, -0.15) is 0 Å². The summed E-state index contributed by atoms with van der Waals surface area (Å²) >= 11 is 0. The quantitative estimate of drug-likeness (QED) is 0.812. The molecule has 0 bridgehead atoms. The van der Waals surface area contributed by atoms with Gasteiger partial charge in [-0.15, -0.1) is 10.2 Å². The van der Waals surface area contributed by atoms with E-state index in [-0.39, 0.29) is 6.10 Å². The van der Waals surface area contributed by atoms with E-state index < -0.39 is 5.97 Å². The standard InChI is InChI=1S/C12H15N3O3/c1-8(16)3-5-10-13-14-11-6-4-9(7-15(10)11)12(17)18-2/h4,6-8,16H,3,5H2,1-2H3. The minimum atomic E-state index is -0.396. The first kappa shape index (κ1) is 12.5. The summed E-state index contributed by atoms with van der Waals surface area (Å²) in [6.45, 7) is 1.73. The number of ether oxygens (including phenoxy) is 1. The molecule has 2 rings (SSSR count). The predicted molar refractivity (Wildman–Crippen MR) is 64.3 cm³/mol. The van der Waals surface area contributed by atoms with Crippen molar-refractivity contribution in [3.63, 3.8) is 0 Å². The second-order valence-electron chi connectivity index (χ2n) is 4.14. The van der Waals surface area contributed by atoms with Gasteiger partial charge in [0.15, 0.2) is 5.65 Å². The fraction of sp³-hybridized carbons (Fsp3) is 0.417. The van der Waals surface area contributed by atoms with E-state index in [2.05, 4.69) is 14.9 Å². The number of esters is 1. The van der Waals surface area contributed by atoms with Crippen molar-refractivity contribution in [1.29, 1.82) is 0 Å². The third-order valence-electron chi connectivity index (χ3n) is 2.68. The molecular formula is C12H15N3O3. The Labute approximate surface area is 104 Å². The van der Waals surface area contributed by atoms with E-state index in [4.69, 9.17) is 0 Å². The van der Waals surface area contributed by atoms with Crippen molar-refractivity contribution in [3.8, 4) is 0 Å². The Balaban J connectivity index is 2.34. The lowest BCUT2D eigenvalue weighted by atomic mass is 10.2. The Morgan fingerprint density at radius 2 is 2.28 bits per heavy atom. The number of fused-ring (bicyclic) bond motifs is 1. The zero-order valence-electron chi connectivity index (χ0n) is 10.3. The lowest BCUT2D eigenvalue weighted by Crippen LogP contribution is -2.06. The number of aromatic nitrogens is 3. The van der Waals surface area contributed by atoms with Crippen LogP contribution in [0.25, 0.3) is 5.65 Å². The minimum absolute atomic E-state index is 0.388. The largest absolute Gasteiger partial charge is 0.465 e. The number of carbonyl (C=O) groups excluding carboxylic acids is 1. The van der Waals surface area contributed by atoms with Crippen LogP contribution in [0.2, 0.25) is 0 Å². The summed E-state index contributed by atoms with van der Waals surface area (Å²) in [7, 11) is 1.34. The molecule has 0 saturated heterocycles. The molecule has 0 aromatic carbocycles. The van der Waals surface area contributed by atoms with Gasteiger partial charge in [-0.1, -0.05) is 0 Å². The van der Waals surface area contributed by atoms with Crippen molar-refractivity contribution in [2.24, 2.45) is 0 Å². The molecular weight excluding hydrogens is 234 g/mol. The maximum Gasteiger partial charge on any atom is 0.339 e. The smallest absolute Gasteiger partial charge is 0.339 e. The fourth-order valence-electron chi connectivity index (χ4n) is 1.69. The van der Waals surface area contributed by atoms with Crippen molar-refractivity contribution in [1.82, 2.24) is 14.6 Å². The van der Waals surface area contributed by atoms with Crippen molar-refractivity contribution in [2.75, 3.05) is 7.11 Å². The van der Waals surface area contributed by atoms with Crippen LogP contribution in [0.3, 0.4) is 0 Å². The number of hydrogen-bond acceptors (Lipinski definition) is 5.